The molecule has 0 spiro atoms. The summed E-state index contributed by atoms with van der Waals surface area (Å²) >= 11 is 0. The van der Waals surface area contributed by atoms with Gasteiger partial charge in [-0.05, 0) is 37.3 Å². The number of carbonyl (C=O) groups excluding carboxylic acids is 2. The van der Waals surface area contributed by atoms with Gasteiger partial charge < -0.3 is 34.9 Å². The van der Waals surface area contributed by atoms with Crippen molar-refractivity contribution in [1.82, 2.24) is 9.21 Å². The van der Waals surface area contributed by atoms with Crippen molar-refractivity contribution in [3.63, 3.8) is 0 Å². The SMILES string of the molecule is C[C@H](CO)N1C[C@H](C)[C@H](CN(C)S(C)(=O)=O)Oc2ccc(NC(=O)Nc3ccc4c(c3)OCO4)cc2C1=O. The first-order chi connectivity index (χ1) is 18.0. The molecule has 3 amide bonds. The van der Waals surface area contributed by atoms with E-state index in [-0.39, 0.29) is 49.6 Å². The molecule has 206 valence electrons. The highest BCUT2D eigenvalue weighted by atomic mass is 32.2. The van der Waals surface area contributed by atoms with Crippen LogP contribution in [0.5, 0.6) is 17.2 Å². The summed E-state index contributed by atoms with van der Waals surface area (Å²) in [5.41, 5.74) is 1.02. The number of rotatable bonds is 7. The van der Waals surface area contributed by atoms with Crippen LogP contribution in [-0.2, 0) is 10.0 Å². The minimum atomic E-state index is -3.46. The maximum atomic E-state index is 13.5. The van der Waals surface area contributed by atoms with E-state index < -0.39 is 28.2 Å². The topological polar surface area (TPSA) is 147 Å². The summed E-state index contributed by atoms with van der Waals surface area (Å²) in [7, 11) is -1.99. The fourth-order valence-electron chi connectivity index (χ4n) is 4.17. The predicted molar refractivity (Wildman–Crippen MR) is 140 cm³/mol. The van der Waals surface area contributed by atoms with Crippen LogP contribution in [0.2, 0.25) is 0 Å². The molecule has 2 aromatic carbocycles. The molecule has 0 aromatic heterocycles. The Bertz CT molecular complexity index is 1320. The van der Waals surface area contributed by atoms with Gasteiger partial charge in [-0.1, -0.05) is 6.92 Å². The average molecular weight is 549 g/mol. The van der Waals surface area contributed by atoms with E-state index in [0.29, 0.717) is 22.9 Å². The second kappa shape index (κ2) is 11.1. The highest BCUT2D eigenvalue weighted by Gasteiger charge is 2.34. The molecule has 2 aliphatic heterocycles. The number of aliphatic hydroxyl groups is 1. The number of aliphatic hydroxyl groups excluding tert-OH is 1. The van der Waals surface area contributed by atoms with Crippen LogP contribution in [0.25, 0.3) is 0 Å². The maximum absolute atomic E-state index is 13.5. The lowest BCUT2D eigenvalue weighted by Gasteiger charge is -2.38. The van der Waals surface area contributed by atoms with Crippen LogP contribution >= 0.6 is 0 Å². The standard InChI is InChI=1S/C25H32N4O8S/c1-15-11-29(16(2)13-30)24(31)19-9-17(5-7-20(19)37-23(15)12-28(3)38(4,33)34)26-25(32)27-18-6-8-21-22(10-18)36-14-35-21/h5-10,15-16,23,30H,11-14H2,1-4H3,(H2,26,27,32)/t15-,16+,23-/m0/s1. The minimum absolute atomic E-state index is 0.0763. The molecule has 0 saturated carbocycles. The van der Waals surface area contributed by atoms with Crippen molar-refractivity contribution in [1.29, 1.82) is 0 Å². The summed E-state index contributed by atoms with van der Waals surface area (Å²) < 4.78 is 42.0. The van der Waals surface area contributed by atoms with Crippen molar-refractivity contribution in [2.75, 3.05) is 50.4 Å². The van der Waals surface area contributed by atoms with Gasteiger partial charge in [-0.25, -0.2) is 17.5 Å². The number of likely N-dealkylation sites (N-methyl/N-ethyl adjacent to an activating group) is 1. The zero-order valence-electron chi connectivity index (χ0n) is 21.6. The Kier molecular flexibility index (Phi) is 7.99. The largest absolute Gasteiger partial charge is 0.488 e. The summed E-state index contributed by atoms with van der Waals surface area (Å²) in [4.78, 5) is 27.7. The van der Waals surface area contributed by atoms with E-state index in [1.54, 1.807) is 37.3 Å². The maximum Gasteiger partial charge on any atom is 0.323 e. The monoisotopic (exact) mass is 548 g/mol. The molecule has 2 aromatic rings. The van der Waals surface area contributed by atoms with Crippen LogP contribution in [0.4, 0.5) is 16.2 Å². The third-order valence-corrected chi connectivity index (χ3v) is 7.84. The van der Waals surface area contributed by atoms with Crippen LogP contribution in [-0.4, -0.2) is 86.6 Å². The first-order valence-corrected chi connectivity index (χ1v) is 13.9. The van der Waals surface area contributed by atoms with Crippen molar-refractivity contribution in [3.05, 3.63) is 42.0 Å². The number of urea groups is 1. The molecule has 38 heavy (non-hydrogen) atoms. The smallest absolute Gasteiger partial charge is 0.323 e. The van der Waals surface area contributed by atoms with Gasteiger partial charge in [-0.15, -0.1) is 0 Å². The molecule has 2 aliphatic rings. The summed E-state index contributed by atoms with van der Waals surface area (Å²) in [6.07, 6.45) is 0.549. The number of anilines is 2. The molecule has 3 atom stereocenters. The van der Waals surface area contributed by atoms with Gasteiger partial charge in [-0.2, -0.15) is 0 Å². The zero-order chi connectivity index (χ0) is 27.6. The second-order valence-electron chi connectivity index (χ2n) is 9.52. The number of ether oxygens (including phenoxy) is 3. The van der Waals surface area contributed by atoms with Crippen molar-refractivity contribution < 1.29 is 37.3 Å². The van der Waals surface area contributed by atoms with Crippen molar-refractivity contribution in [2.24, 2.45) is 5.92 Å². The Morgan fingerprint density at radius 1 is 1.13 bits per heavy atom. The number of benzene rings is 2. The van der Waals surface area contributed by atoms with E-state index in [9.17, 15) is 23.1 Å². The van der Waals surface area contributed by atoms with Gasteiger partial charge in [0.2, 0.25) is 16.8 Å². The van der Waals surface area contributed by atoms with Crippen LogP contribution < -0.4 is 24.8 Å². The van der Waals surface area contributed by atoms with E-state index in [0.717, 1.165) is 6.26 Å². The first kappa shape index (κ1) is 27.5. The van der Waals surface area contributed by atoms with Crippen LogP contribution in [0, 0.1) is 5.92 Å². The van der Waals surface area contributed by atoms with Gasteiger partial charge in [-0.3, -0.25) is 4.79 Å². The molecular formula is C25H32N4O8S. The van der Waals surface area contributed by atoms with Gasteiger partial charge in [0, 0.05) is 37.0 Å². The summed E-state index contributed by atoms with van der Waals surface area (Å²) in [5, 5.41) is 15.2. The lowest BCUT2D eigenvalue weighted by Crippen LogP contribution is -2.50. The number of hydrogen-bond acceptors (Lipinski definition) is 8. The van der Waals surface area contributed by atoms with Gasteiger partial charge in [0.15, 0.2) is 11.5 Å². The van der Waals surface area contributed by atoms with Crippen LogP contribution in [0.3, 0.4) is 0 Å². The molecule has 0 fully saturated rings. The normalized spacial score (nSPS) is 19.7. The Balaban J connectivity index is 1.58. The predicted octanol–water partition coefficient (Wildman–Crippen LogP) is 2.17. The third kappa shape index (κ3) is 6.11. The van der Waals surface area contributed by atoms with E-state index in [1.165, 1.54) is 22.3 Å². The zero-order valence-corrected chi connectivity index (χ0v) is 22.4. The molecule has 4 rings (SSSR count). The Morgan fingerprint density at radius 3 is 2.42 bits per heavy atom. The van der Waals surface area contributed by atoms with Crippen molar-refractivity contribution >= 4 is 33.3 Å². The molecule has 2 heterocycles. The Morgan fingerprint density at radius 2 is 1.76 bits per heavy atom. The molecular weight excluding hydrogens is 516 g/mol. The van der Waals surface area contributed by atoms with E-state index in [4.69, 9.17) is 14.2 Å². The number of sulfonamides is 1. The Hall–Kier alpha value is -3.55. The van der Waals surface area contributed by atoms with Gasteiger partial charge in [0.05, 0.1) is 31.0 Å². The number of nitrogens with one attached hydrogen (secondary N) is 2. The lowest BCUT2D eigenvalue weighted by atomic mass is 9.99. The van der Waals surface area contributed by atoms with Crippen LogP contribution in [0.15, 0.2) is 36.4 Å². The van der Waals surface area contributed by atoms with E-state index in [1.807, 2.05) is 6.92 Å². The lowest BCUT2D eigenvalue weighted by molar-refractivity contribution is 0.0387. The highest BCUT2D eigenvalue weighted by Crippen LogP contribution is 2.34. The molecule has 3 N–H and O–H groups in total. The average Bonchev–Trinajstić information content (AvgIpc) is 3.33. The highest BCUT2D eigenvalue weighted by molar-refractivity contribution is 7.88. The number of carbonyl (C=O) groups is 2. The fourth-order valence-corrected chi connectivity index (χ4v) is 4.59. The number of amides is 3. The van der Waals surface area contributed by atoms with Gasteiger partial charge in [0.25, 0.3) is 5.91 Å². The number of nitrogens with zero attached hydrogens (tertiary/aromatic N) is 2. The third-order valence-electron chi connectivity index (χ3n) is 6.56. The molecule has 0 saturated heterocycles. The molecule has 0 aliphatic carbocycles. The molecule has 13 heteroatoms. The summed E-state index contributed by atoms with van der Waals surface area (Å²) in [6, 6.07) is 8.64. The number of fused-ring (bicyclic) bond motifs is 2. The van der Waals surface area contributed by atoms with Crippen molar-refractivity contribution in [2.45, 2.75) is 26.0 Å². The summed E-state index contributed by atoms with van der Waals surface area (Å²) in [5.74, 6) is 0.757. The molecule has 0 unspecified atom stereocenters. The van der Waals surface area contributed by atoms with E-state index >= 15 is 0 Å². The second-order valence-corrected chi connectivity index (χ2v) is 11.6. The quantitative estimate of drug-likeness (QED) is 0.477. The Labute approximate surface area is 221 Å². The van der Waals surface area contributed by atoms with Gasteiger partial charge >= 0.3 is 6.03 Å². The fraction of sp³-hybridized carbons (Fsp3) is 0.440. The van der Waals surface area contributed by atoms with Crippen molar-refractivity contribution in [3.8, 4) is 17.2 Å². The van der Waals surface area contributed by atoms with Gasteiger partial charge in [0.1, 0.15) is 11.9 Å². The minimum Gasteiger partial charge on any atom is -0.488 e. The summed E-state index contributed by atoms with van der Waals surface area (Å²) in [6.45, 7) is 3.78. The van der Waals surface area contributed by atoms with Crippen LogP contribution in [0.1, 0.15) is 24.2 Å². The molecule has 0 bridgehead atoms. The number of hydrogen-bond donors (Lipinski definition) is 3. The van der Waals surface area contributed by atoms with E-state index in [2.05, 4.69) is 10.6 Å². The molecule has 0 radical (unpaired) electrons. The first-order valence-electron chi connectivity index (χ1n) is 12.1. The molecule has 12 nitrogen and oxygen atoms in total.